The highest BCUT2D eigenvalue weighted by atomic mass is 19.1. The van der Waals surface area contributed by atoms with Crippen LogP contribution in [0.15, 0.2) is 12.1 Å². The second-order valence-corrected chi connectivity index (χ2v) is 3.87. The highest BCUT2D eigenvalue weighted by molar-refractivity contribution is 5.99. The van der Waals surface area contributed by atoms with Gasteiger partial charge >= 0.3 is 0 Å². The number of rotatable bonds is 6. The van der Waals surface area contributed by atoms with Gasteiger partial charge in [-0.3, -0.25) is 4.79 Å². The van der Waals surface area contributed by atoms with E-state index in [9.17, 15) is 9.18 Å². The van der Waals surface area contributed by atoms with E-state index in [-0.39, 0.29) is 16.9 Å². The van der Waals surface area contributed by atoms with Crippen LogP contribution in [0.1, 0.15) is 17.3 Å². The molecule has 0 fully saturated rings. The van der Waals surface area contributed by atoms with Crippen molar-refractivity contribution < 1.29 is 13.9 Å². The second-order valence-electron chi connectivity index (χ2n) is 3.87. The fourth-order valence-electron chi connectivity index (χ4n) is 1.55. The Balaban J connectivity index is 2.93. The molecule has 0 atom stereocenters. The number of halogens is 1. The molecule has 5 nitrogen and oxygen atoms in total. The van der Waals surface area contributed by atoms with Gasteiger partial charge in [-0.15, -0.1) is 0 Å². The molecule has 1 aromatic carbocycles. The molecule has 0 unspecified atom stereocenters. The summed E-state index contributed by atoms with van der Waals surface area (Å²) < 4.78 is 18.9. The van der Waals surface area contributed by atoms with Crippen molar-refractivity contribution in [3.8, 4) is 0 Å². The van der Waals surface area contributed by atoms with Crippen LogP contribution in [-0.4, -0.2) is 32.7 Å². The Morgan fingerprint density at radius 3 is 2.72 bits per heavy atom. The van der Waals surface area contributed by atoms with E-state index in [0.29, 0.717) is 19.8 Å². The van der Waals surface area contributed by atoms with Gasteiger partial charge in [0, 0.05) is 25.9 Å². The molecule has 0 aromatic heterocycles. The number of ether oxygens (including phenoxy) is 1. The van der Waals surface area contributed by atoms with Crippen molar-refractivity contribution in [2.75, 3.05) is 37.4 Å². The minimum absolute atomic E-state index is 0.0435. The molecule has 4 N–H and O–H groups in total. The Hall–Kier alpha value is -1.82. The molecule has 0 saturated heterocycles. The zero-order valence-electron chi connectivity index (χ0n) is 10.6. The number of hydrogen-bond donors (Lipinski definition) is 2. The lowest BCUT2D eigenvalue weighted by Gasteiger charge is -2.20. The first-order chi connectivity index (χ1) is 8.47. The first-order valence-electron chi connectivity index (χ1n) is 5.65. The molecule has 0 aliphatic heterocycles. The summed E-state index contributed by atoms with van der Waals surface area (Å²) in [4.78, 5) is 12.8. The van der Waals surface area contributed by atoms with Crippen LogP contribution in [0.25, 0.3) is 0 Å². The van der Waals surface area contributed by atoms with Crippen molar-refractivity contribution in [2.45, 2.75) is 6.92 Å². The van der Waals surface area contributed by atoms with Crippen molar-refractivity contribution in [1.82, 2.24) is 0 Å². The van der Waals surface area contributed by atoms with Crippen LogP contribution in [0.4, 0.5) is 15.8 Å². The summed E-state index contributed by atoms with van der Waals surface area (Å²) in [5, 5.41) is 0. The van der Waals surface area contributed by atoms with Crippen LogP contribution in [-0.2, 0) is 4.74 Å². The first-order valence-corrected chi connectivity index (χ1v) is 5.65. The first kappa shape index (κ1) is 14.2. The predicted octanol–water partition coefficient (Wildman–Crippen LogP) is 0.980. The summed E-state index contributed by atoms with van der Waals surface area (Å²) in [6.45, 7) is 3.47. The summed E-state index contributed by atoms with van der Waals surface area (Å²) in [6, 6.07) is 2.46. The summed E-state index contributed by atoms with van der Waals surface area (Å²) in [6.07, 6.45) is 0. The standard InChI is InChI=1S/C12H18FN3O2/c1-3-18-5-4-16(2)11-6-8(12(15)17)10(14)7-9(11)13/h6-7H,3-5,14H2,1-2H3,(H2,15,17). The minimum atomic E-state index is -0.674. The van der Waals surface area contributed by atoms with E-state index in [1.807, 2.05) is 6.92 Å². The molecule has 1 aromatic rings. The van der Waals surface area contributed by atoms with Gasteiger partial charge in [-0.25, -0.2) is 4.39 Å². The number of hydrogen-bond acceptors (Lipinski definition) is 4. The Morgan fingerprint density at radius 2 is 2.17 bits per heavy atom. The molecule has 1 rings (SSSR count). The molecule has 0 radical (unpaired) electrons. The number of anilines is 2. The minimum Gasteiger partial charge on any atom is -0.398 e. The van der Waals surface area contributed by atoms with Crippen LogP contribution >= 0.6 is 0 Å². The molecule has 100 valence electrons. The molecular weight excluding hydrogens is 237 g/mol. The Bertz CT molecular complexity index is 438. The van der Waals surface area contributed by atoms with Crippen LogP contribution in [0, 0.1) is 5.82 Å². The zero-order valence-corrected chi connectivity index (χ0v) is 10.6. The summed E-state index contributed by atoms with van der Waals surface area (Å²) in [5.74, 6) is -1.16. The predicted molar refractivity (Wildman–Crippen MR) is 69.1 cm³/mol. The number of benzene rings is 1. The summed E-state index contributed by atoms with van der Waals surface area (Å²) in [5.41, 5.74) is 11.1. The van der Waals surface area contributed by atoms with Crippen molar-refractivity contribution in [3.05, 3.63) is 23.5 Å². The Kier molecular flexibility index (Phi) is 4.91. The number of nitrogen functional groups attached to an aromatic ring is 1. The van der Waals surface area contributed by atoms with Gasteiger partial charge in [0.15, 0.2) is 0 Å². The Morgan fingerprint density at radius 1 is 1.50 bits per heavy atom. The topological polar surface area (TPSA) is 81.6 Å². The molecule has 0 aliphatic rings. The Labute approximate surface area is 106 Å². The molecule has 0 saturated carbocycles. The SMILES string of the molecule is CCOCCN(C)c1cc(C(N)=O)c(N)cc1F. The van der Waals surface area contributed by atoms with Crippen LogP contribution < -0.4 is 16.4 Å². The molecule has 6 heteroatoms. The largest absolute Gasteiger partial charge is 0.398 e. The van der Waals surface area contributed by atoms with E-state index in [1.165, 1.54) is 6.07 Å². The van der Waals surface area contributed by atoms with E-state index in [0.717, 1.165) is 6.07 Å². The van der Waals surface area contributed by atoms with Crippen molar-refractivity contribution >= 4 is 17.3 Å². The number of likely N-dealkylation sites (N-methyl/N-ethyl adjacent to an activating group) is 1. The lowest BCUT2D eigenvalue weighted by atomic mass is 10.1. The third kappa shape index (κ3) is 3.33. The fraction of sp³-hybridized carbons (Fsp3) is 0.417. The monoisotopic (exact) mass is 255 g/mol. The third-order valence-corrected chi connectivity index (χ3v) is 2.57. The van der Waals surface area contributed by atoms with Crippen LogP contribution in [0.3, 0.4) is 0 Å². The maximum absolute atomic E-state index is 13.7. The van der Waals surface area contributed by atoms with Gasteiger partial charge in [-0.1, -0.05) is 0 Å². The number of carbonyl (C=O) groups excluding carboxylic acids is 1. The highest BCUT2D eigenvalue weighted by Gasteiger charge is 2.14. The van der Waals surface area contributed by atoms with Crippen LogP contribution in [0.2, 0.25) is 0 Å². The van der Waals surface area contributed by atoms with Gasteiger partial charge in [0.05, 0.1) is 17.9 Å². The number of carbonyl (C=O) groups is 1. The average molecular weight is 255 g/mol. The van der Waals surface area contributed by atoms with Gasteiger partial charge in [-0.05, 0) is 19.1 Å². The van der Waals surface area contributed by atoms with E-state index in [2.05, 4.69) is 0 Å². The third-order valence-electron chi connectivity index (χ3n) is 2.57. The quantitative estimate of drug-likeness (QED) is 0.586. The van der Waals surface area contributed by atoms with E-state index < -0.39 is 11.7 Å². The van der Waals surface area contributed by atoms with Gasteiger partial charge in [0.25, 0.3) is 5.91 Å². The number of amides is 1. The van der Waals surface area contributed by atoms with Gasteiger partial charge in [0.2, 0.25) is 0 Å². The van der Waals surface area contributed by atoms with Gasteiger partial charge in [0.1, 0.15) is 5.82 Å². The van der Waals surface area contributed by atoms with Crippen LogP contribution in [0.5, 0.6) is 0 Å². The van der Waals surface area contributed by atoms with E-state index in [4.69, 9.17) is 16.2 Å². The average Bonchev–Trinajstić information content (AvgIpc) is 2.28. The van der Waals surface area contributed by atoms with Gasteiger partial charge < -0.3 is 21.1 Å². The number of nitrogens with zero attached hydrogens (tertiary/aromatic N) is 1. The number of primary amides is 1. The highest BCUT2D eigenvalue weighted by Crippen LogP contribution is 2.24. The molecule has 0 bridgehead atoms. The zero-order chi connectivity index (χ0) is 13.7. The fourth-order valence-corrected chi connectivity index (χ4v) is 1.55. The van der Waals surface area contributed by atoms with E-state index in [1.54, 1.807) is 11.9 Å². The maximum atomic E-state index is 13.7. The smallest absolute Gasteiger partial charge is 0.250 e. The van der Waals surface area contributed by atoms with Crippen molar-refractivity contribution in [3.63, 3.8) is 0 Å². The van der Waals surface area contributed by atoms with Gasteiger partial charge in [-0.2, -0.15) is 0 Å². The number of nitrogens with two attached hydrogens (primary N) is 2. The van der Waals surface area contributed by atoms with Crippen molar-refractivity contribution in [1.29, 1.82) is 0 Å². The molecule has 18 heavy (non-hydrogen) atoms. The summed E-state index contributed by atoms with van der Waals surface area (Å²) >= 11 is 0. The van der Waals surface area contributed by atoms with Crippen molar-refractivity contribution in [2.24, 2.45) is 5.73 Å². The molecule has 1 amide bonds. The molecular formula is C12H18FN3O2. The second kappa shape index (κ2) is 6.20. The van der Waals surface area contributed by atoms with E-state index >= 15 is 0 Å². The lowest BCUT2D eigenvalue weighted by molar-refractivity contribution is 0.100. The maximum Gasteiger partial charge on any atom is 0.250 e. The molecule has 0 spiro atoms. The lowest BCUT2D eigenvalue weighted by Crippen LogP contribution is -2.24. The molecule has 0 heterocycles. The normalized spacial score (nSPS) is 10.4. The summed E-state index contributed by atoms with van der Waals surface area (Å²) in [7, 11) is 1.71. The molecule has 0 aliphatic carbocycles.